The summed E-state index contributed by atoms with van der Waals surface area (Å²) in [4.78, 5) is 30.0. The fourth-order valence-corrected chi connectivity index (χ4v) is 4.32. The second-order valence-electron chi connectivity index (χ2n) is 9.50. The third kappa shape index (κ3) is 7.80. The molecule has 0 radical (unpaired) electrons. The second kappa shape index (κ2) is 13.7. The van der Waals surface area contributed by atoms with Gasteiger partial charge in [0.25, 0.3) is 5.91 Å². The number of halogens is 2. The molecular weight excluding hydrogens is 543 g/mol. The normalized spacial score (nSPS) is 13.2. The predicted molar refractivity (Wildman–Crippen MR) is 159 cm³/mol. The van der Waals surface area contributed by atoms with Crippen LogP contribution in [-0.2, 0) is 11.2 Å². The van der Waals surface area contributed by atoms with E-state index in [1.54, 1.807) is 49.4 Å². The molecule has 2 unspecified atom stereocenters. The van der Waals surface area contributed by atoms with Gasteiger partial charge in [-0.15, -0.1) is 0 Å². The highest BCUT2D eigenvalue weighted by Gasteiger charge is 2.27. The van der Waals surface area contributed by atoms with Crippen LogP contribution in [0.5, 0.6) is 0 Å². The molecule has 8 heteroatoms. The molecule has 210 valence electrons. The van der Waals surface area contributed by atoms with Crippen molar-refractivity contribution in [2.24, 2.45) is 0 Å². The number of carbonyl (C=O) groups excluding carboxylic acids is 1. The van der Waals surface area contributed by atoms with Crippen molar-refractivity contribution in [2.75, 3.05) is 0 Å². The van der Waals surface area contributed by atoms with Crippen molar-refractivity contribution in [1.29, 1.82) is 0 Å². The first-order chi connectivity index (χ1) is 19.7. The van der Waals surface area contributed by atoms with E-state index in [9.17, 15) is 19.1 Å². The van der Waals surface area contributed by atoms with E-state index < -0.39 is 24.1 Å². The van der Waals surface area contributed by atoms with Crippen molar-refractivity contribution in [2.45, 2.75) is 38.9 Å². The molecule has 4 rings (SSSR count). The Morgan fingerprint density at radius 3 is 2.24 bits per heavy atom. The SMILES string of the molecule is C/C=C(\C=C/CC(C)F)c1nc(C(=O)NC(Cc2ccc(Cl)cc2)C(=O)O)c(-c2ccc(-c3ccccc3)cc2)o1. The molecule has 2 N–H and O–H groups in total. The number of aromatic nitrogens is 1. The lowest BCUT2D eigenvalue weighted by Crippen LogP contribution is -2.42. The lowest BCUT2D eigenvalue weighted by molar-refractivity contribution is -0.139. The molecule has 0 bridgehead atoms. The number of nitrogens with zero attached hydrogens (tertiary/aromatic N) is 1. The van der Waals surface area contributed by atoms with Gasteiger partial charge in [-0.3, -0.25) is 4.79 Å². The van der Waals surface area contributed by atoms with Gasteiger partial charge < -0.3 is 14.8 Å². The van der Waals surface area contributed by atoms with Crippen LogP contribution < -0.4 is 5.32 Å². The molecule has 6 nitrogen and oxygen atoms in total. The van der Waals surface area contributed by atoms with Crippen LogP contribution in [0.2, 0.25) is 5.02 Å². The maximum Gasteiger partial charge on any atom is 0.326 e. The van der Waals surface area contributed by atoms with Gasteiger partial charge in [-0.05, 0) is 49.1 Å². The molecule has 0 spiro atoms. The van der Waals surface area contributed by atoms with E-state index in [0.29, 0.717) is 21.7 Å². The number of benzene rings is 3. The van der Waals surface area contributed by atoms with Crippen molar-refractivity contribution in [3.8, 4) is 22.5 Å². The third-order valence-electron chi connectivity index (χ3n) is 6.37. The molecule has 1 amide bonds. The van der Waals surface area contributed by atoms with Crippen LogP contribution in [-0.4, -0.2) is 34.2 Å². The minimum absolute atomic E-state index is 0.0499. The van der Waals surface area contributed by atoms with Crippen molar-refractivity contribution >= 4 is 29.1 Å². The number of carbonyl (C=O) groups is 2. The van der Waals surface area contributed by atoms with E-state index in [0.717, 1.165) is 11.1 Å². The Morgan fingerprint density at radius 2 is 1.63 bits per heavy atom. The van der Waals surface area contributed by atoms with Gasteiger partial charge in [0.2, 0.25) is 5.89 Å². The molecule has 0 fully saturated rings. The van der Waals surface area contributed by atoms with Crippen molar-refractivity contribution in [3.05, 3.63) is 119 Å². The number of carboxylic acid groups (broad SMARTS) is 1. The molecule has 2 atom stereocenters. The van der Waals surface area contributed by atoms with Crippen LogP contribution in [0.25, 0.3) is 28.0 Å². The van der Waals surface area contributed by atoms with E-state index >= 15 is 0 Å². The van der Waals surface area contributed by atoms with Gasteiger partial charge in [-0.25, -0.2) is 14.2 Å². The Bertz CT molecular complexity index is 1540. The summed E-state index contributed by atoms with van der Waals surface area (Å²) >= 11 is 5.95. The molecule has 0 saturated carbocycles. The van der Waals surface area contributed by atoms with Crippen LogP contribution in [0.3, 0.4) is 0 Å². The number of oxazole rings is 1. The summed E-state index contributed by atoms with van der Waals surface area (Å²) in [5, 5.41) is 13.0. The maximum absolute atomic E-state index is 13.5. The van der Waals surface area contributed by atoms with Crippen molar-refractivity contribution < 1.29 is 23.5 Å². The van der Waals surface area contributed by atoms with E-state index in [1.165, 1.54) is 6.92 Å². The zero-order chi connectivity index (χ0) is 29.4. The van der Waals surface area contributed by atoms with Gasteiger partial charge in [0, 0.05) is 22.6 Å². The fourth-order valence-electron chi connectivity index (χ4n) is 4.19. The highest BCUT2D eigenvalue weighted by molar-refractivity contribution is 6.30. The summed E-state index contributed by atoms with van der Waals surface area (Å²) < 4.78 is 19.5. The topological polar surface area (TPSA) is 92.4 Å². The third-order valence-corrected chi connectivity index (χ3v) is 6.62. The van der Waals surface area contributed by atoms with E-state index in [4.69, 9.17) is 16.0 Å². The summed E-state index contributed by atoms with van der Waals surface area (Å²) in [6.07, 6.45) is 4.36. The van der Waals surface area contributed by atoms with Gasteiger partial charge in [0.05, 0.1) is 0 Å². The van der Waals surface area contributed by atoms with E-state index in [1.807, 2.05) is 54.6 Å². The average molecular weight is 573 g/mol. The summed E-state index contributed by atoms with van der Waals surface area (Å²) in [7, 11) is 0. The second-order valence-corrected chi connectivity index (χ2v) is 9.93. The minimum atomic E-state index is -1.22. The highest BCUT2D eigenvalue weighted by Crippen LogP contribution is 2.31. The van der Waals surface area contributed by atoms with Gasteiger partial charge in [-0.2, -0.15) is 0 Å². The molecule has 1 aromatic heterocycles. The number of amides is 1. The zero-order valence-electron chi connectivity index (χ0n) is 22.7. The average Bonchev–Trinajstić information content (AvgIpc) is 3.42. The van der Waals surface area contributed by atoms with Crippen molar-refractivity contribution in [3.63, 3.8) is 0 Å². The van der Waals surface area contributed by atoms with Gasteiger partial charge in [-0.1, -0.05) is 96.6 Å². The van der Waals surface area contributed by atoms with Crippen LogP contribution >= 0.6 is 11.6 Å². The summed E-state index contributed by atoms with van der Waals surface area (Å²) in [6.45, 7) is 3.25. The van der Waals surface area contributed by atoms with Crippen LogP contribution in [0.4, 0.5) is 4.39 Å². The molecule has 1 heterocycles. The zero-order valence-corrected chi connectivity index (χ0v) is 23.4. The molecule has 4 aromatic rings. The molecular formula is C33H30ClFN2O4. The van der Waals surface area contributed by atoms with Crippen LogP contribution in [0, 0.1) is 0 Å². The molecule has 0 aliphatic heterocycles. The minimum Gasteiger partial charge on any atom is -0.480 e. The number of alkyl halides is 1. The van der Waals surface area contributed by atoms with Crippen molar-refractivity contribution in [1.82, 2.24) is 10.3 Å². The number of rotatable bonds is 11. The number of hydrogen-bond donors (Lipinski definition) is 2. The quantitative estimate of drug-likeness (QED) is 0.179. The van der Waals surface area contributed by atoms with Gasteiger partial charge in [0.1, 0.15) is 12.2 Å². The van der Waals surface area contributed by atoms with E-state index in [-0.39, 0.29) is 30.2 Å². The Morgan fingerprint density at radius 1 is 1.00 bits per heavy atom. The lowest BCUT2D eigenvalue weighted by atomic mass is 10.0. The number of carboxylic acids is 1. The van der Waals surface area contributed by atoms with Gasteiger partial charge >= 0.3 is 5.97 Å². The number of hydrogen-bond acceptors (Lipinski definition) is 4. The lowest BCUT2D eigenvalue weighted by Gasteiger charge is -2.14. The molecule has 41 heavy (non-hydrogen) atoms. The first-order valence-corrected chi connectivity index (χ1v) is 13.5. The largest absolute Gasteiger partial charge is 0.480 e. The Hall–Kier alpha value is -4.49. The van der Waals surface area contributed by atoms with E-state index in [2.05, 4.69) is 10.3 Å². The highest BCUT2D eigenvalue weighted by atomic mass is 35.5. The predicted octanol–water partition coefficient (Wildman–Crippen LogP) is 7.80. The standard InChI is InChI=1S/C33H30ClFN2O4/c1-3-23(11-7-8-21(2)35)32-37-29(31(38)36-28(33(39)40)20-22-12-18-27(34)19-13-22)30(41-32)26-16-14-25(15-17-26)24-9-5-4-6-10-24/h3-7,9-19,21,28H,8,20H2,1-2H3,(H,36,38)(H,39,40)/b11-7-,23-3+. The summed E-state index contributed by atoms with van der Waals surface area (Å²) in [5.74, 6) is -1.53. The van der Waals surface area contributed by atoms with Gasteiger partial charge in [0.15, 0.2) is 11.5 Å². The summed E-state index contributed by atoms with van der Waals surface area (Å²) in [5.41, 5.74) is 3.80. The molecule has 3 aromatic carbocycles. The number of allylic oxidation sites excluding steroid dienone is 4. The first-order valence-electron chi connectivity index (χ1n) is 13.2. The number of nitrogens with one attached hydrogen (secondary N) is 1. The Balaban J connectivity index is 1.68. The molecule has 0 aliphatic rings. The number of aliphatic carboxylic acids is 1. The fraction of sp³-hybridized carbons (Fsp3) is 0.182. The summed E-state index contributed by atoms with van der Waals surface area (Å²) in [6, 6.07) is 22.8. The first kappa shape index (κ1) is 29.5. The monoisotopic (exact) mass is 572 g/mol. The van der Waals surface area contributed by atoms with Crippen LogP contribution in [0.1, 0.15) is 42.2 Å². The maximum atomic E-state index is 13.5. The molecule has 0 saturated heterocycles. The Kier molecular flexibility index (Phi) is 9.87. The smallest absolute Gasteiger partial charge is 0.326 e. The molecule has 0 aliphatic carbocycles. The Labute approximate surface area is 243 Å². The van der Waals surface area contributed by atoms with Crippen LogP contribution in [0.15, 0.2) is 102 Å².